The Kier molecular flexibility index (Phi) is 10.2. The van der Waals surface area contributed by atoms with E-state index in [1.807, 2.05) is 6.07 Å². The van der Waals surface area contributed by atoms with Gasteiger partial charge in [0.05, 0.1) is 5.52 Å². The van der Waals surface area contributed by atoms with E-state index in [9.17, 15) is 0 Å². The van der Waals surface area contributed by atoms with Gasteiger partial charge in [-0.3, -0.25) is 0 Å². The standard InChI is InChI=1S/C64H49N4O.Pt/c1-63(2,3)43-35-44(66-39-67(57-26-16-15-25-56(57)66)55-24-14-12-22-52(55)64(4,5)6)37-46(36-43)69-45-31-33-50-49-21-11-13-23-54(49)68(58(50)38-45)62-51-32-29-41-18-8-10-20-48(41)60(51)61-53(65-62)34-30-42-28-27-40-17-7-9-19-47(40)59(42)61;/h7-36,39H,1-6H3;/q-3;. The van der Waals surface area contributed by atoms with Crippen molar-refractivity contribution in [3.8, 4) is 17.3 Å². The van der Waals surface area contributed by atoms with Crippen molar-refractivity contribution in [1.29, 1.82) is 0 Å². The summed E-state index contributed by atoms with van der Waals surface area (Å²) >= 11 is 0. The van der Waals surface area contributed by atoms with Gasteiger partial charge >= 0.3 is 0 Å². The van der Waals surface area contributed by atoms with Crippen LogP contribution in [0.1, 0.15) is 52.7 Å². The van der Waals surface area contributed by atoms with Gasteiger partial charge in [-0.2, -0.15) is 6.07 Å². The van der Waals surface area contributed by atoms with E-state index in [0.29, 0.717) is 11.5 Å². The largest absolute Gasteiger partial charge is 0.509 e. The van der Waals surface area contributed by atoms with Gasteiger partial charge in [0.2, 0.25) is 0 Å². The molecule has 0 radical (unpaired) electrons. The van der Waals surface area contributed by atoms with Gasteiger partial charge in [0.25, 0.3) is 0 Å². The first-order valence-electron chi connectivity index (χ1n) is 23.9. The summed E-state index contributed by atoms with van der Waals surface area (Å²) in [6.45, 7) is 15.8. The Bertz CT molecular complexity index is 4080. The van der Waals surface area contributed by atoms with E-state index in [0.717, 1.165) is 72.2 Å². The van der Waals surface area contributed by atoms with Crippen molar-refractivity contribution in [1.82, 2.24) is 9.55 Å². The van der Waals surface area contributed by atoms with E-state index < -0.39 is 0 Å². The summed E-state index contributed by atoms with van der Waals surface area (Å²) in [6, 6.07) is 72.8. The molecule has 0 saturated heterocycles. The second kappa shape index (κ2) is 16.3. The smallest absolute Gasteiger partial charge is 0.144 e. The number of pyridine rings is 1. The summed E-state index contributed by atoms with van der Waals surface area (Å²) in [4.78, 5) is 10.2. The Hall–Kier alpha value is -7.46. The van der Waals surface area contributed by atoms with E-state index in [-0.39, 0.29) is 31.9 Å². The zero-order chi connectivity index (χ0) is 46.8. The number of nitrogens with zero attached hydrogens (tertiary/aromatic N) is 4. The summed E-state index contributed by atoms with van der Waals surface area (Å²) in [5, 5.41) is 12.9. The molecule has 0 aliphatic carbocycles. The van der Waals surface area contributed by atoms with Crippen LogP contribution < -0.4 is 14.5 Å². The molecule has 70 heavy (non-hydrogen) atoms. The molecule has 3 heterocycles. The number of aromatic nitrogens is 2. The monoisotopic (exact) mass is 1080 g/mol. The fourth-order valence-corrected chi connectivity index (χ4v) is 10.7. The summed E-state index contributed by atoms with van der Waals surface area (Å²) in [5.41, 5.74) is 9.33. The first kappa shape index (κ1) is 43.8. The molecular weight excluding hydrogens is 1040 g/mol. The summed E-state index contributed by atoms with van der Waals surface area (Å²) < 4.78 is 9.27. The Morgan fingerprint density at radius 3 is 1.81 bits per heavy atom. The van der Waals surface area contributed by atoms with E-state index >= 15 is 0 Å². The molecule has 0 spiro atoms. The van der Waals surface area contributed by atoms with E-state index in [1.54, 1.807) is 0 Å². The molecule has 12 aromatic rings. The number of hydrogen-bond acceptors (Lipinski definition) is 4. The van der Waals surface area contributed by atoms with Gasteiger partial charge in [0.1, 0.15) is 5.82 Å². The average Bonchev–Trinajstić information content (AvgIpc) is 3.91. The molecule has 10 aromatic carbocycles. The van der Waals surface area contributed by atoms with Crippen molar-refractivity contribution in [3.63, 3.8) is 0 Å². The fourth-order valence-electron chi connectivity index (χ4n) is 10.7. The maximum absolute atomic E-state index is 6.98. The summed E-state index contributed by atoms with van der Waals surface area (Å²) in [6.07, 6.45) is 0. The molecule has 5 nitrogen and oxygen atoms in total. The molecule has 344 valence electrons. The normalized spacial score (nSPS) is 13.1. The quantitative estimate of drug-likeness (QED) is 0.127. The second-order valence-corrected chi connectivity index (χ2v) is 20.5. The van der Waals surface area contributed by atoms with Crippen molar-refractivity contribution in [2.45, 2.75) is 52.4 Å². The number of anilines is 4. The molecule has 0 fully saturated rings. The molecule has 13 rings (SSSR count). The van der Waals surface area contributed by atoms with Gasteiger partial charge in [-0.1, -0.05) is 168 Å². The molecule has 1 aliphatic heterocycles. The van der Waals surface area contributed by atoms with Crippen molar-refractivity contribution < 1.29 is 25.8 Å². The number of ether oxygens (including phenoxy) is 1. The molecule has 2 aromatic heterocycles. The third kappa shape index (κ3) is 6.96. The minimum atomic E-state index is -0.176. The van der Waals surface area contributed by atoms with Crippen molar-refractivity contribution in [3.05, 3.63) is 212 Å². The molecule has 1 aliphatic rings. The van der Waals surface area contributed by atoms with E-state index in [1.165, 1.54) is 43.3 Å². The van der Waals surface area contributed by atoms with Gasteiger partial charge in [-0.25, -0.2) is 4.98 Å². The number of para-hydroxylation sites is 4. The second-order valence-electron chi connectivity index (χ2n) is 20.5. The van der Waals surface area contributed by atoms with Crippen LogP contribution in [0.2, 0.25) is 0 Å². The van der Waals surface area contributed by atoms with Crippen LogP contribution in [0.5, 0.6) is 11.5 Å². The molecule has 0 unspecified atom stereocenters. The third-order valence-electron chi connectivity index (χ3n) is 14.1. The molecule has 0 atom stereocenters. The average molecular weight is 1090 g/mol. The van der Waals surface area contributed by atoms with Crippen LogP contribution in [-0.2, 0) is 31.9 Å². The van der Waals surface area contributed by atoms with Crippen LogP contribution in [0.15, 0.2) is 182 Å². The molecule has 0 bridgehead atoms. The fraction of sp³-hybridized carbons (Fsp3) is 0.125. The predicted octanol–water partition coefficient (Wildman–Crippen LogP) is 17.3. The number of hydrogen-bond donors (Lipinski definition) is 0. The molecular formula is C64H49N4OPt-3. The molecule has 0 N–H and O–H groups in total. The van der Waals surface area contributed by atoms with Crippen LogP contribution in [-0.4, -0.2) is 9.55 Å². The molecule has 6 heteroatoms. The van der Waals surface area contributed by atoms with Gasteiger partial charge in [-0.05, 0) is 90.5 Å². The number of benzene rings is 10. The van der Waals surface area contributed by atoms with Crippen LogP contribution in [0.4, 0.5) is 22.7 Å². The van der Waals surface area contributed by atoms with Gasteiger partial charge < -0.3 is 19.1 Å². The van der Waals surface area contributed by atoms with Gasteiger partial charge in [0.15, 0.2) is 0 Å². The zero-order valence-electron chi connectivity index (χ0n) is 39.9. The first-order valence-corrected chi connectivity index (χ1v) is 23.9. The molecule has 0 saturated carbocycles. The summed E-state index contributed by atoms with van der Waals surface area (Å²) in [7, 11) is 0. The van der Waals surface area contributed by atoms with Crippen LogP contribution in [0, 0.1) is 18.8 Å². The Morgan fingerprint density at radius 2 is 1.07 bits per heavy atom. The number of fused-ring (bicyclic) bond motifs is 13. The summed E-state index contributed by atoms with van der Waals surface area (Å²) in [5.74, 6) is 2.07. The zero-order valence-corrected chi connectivity index (χ0v) is 42.2. The Labute approximate surface area is 422 Å². The van der Waals surface area contributed by atoms with Crippen molar-refractivity contribution >= 4 is 98.5 Å². The van der Waals surface area contributed by atoms with Crippen LogP contribution in [0.3, 0.4) is 0 Å². The minimum absolute atomic E-state index is 0. The van der Waals surface area contributed by atoms with Gasteiger partial charge in [0, 0.05) is 71.3 Å². The van der Waals surface area contributed by atoms with Crippen molar-refractivity contribution in [2.75, 3.05) is 9.80 Å². The van der Waals surface area contributed by atoms with Gasteiger partial charge in [-0.15, -0.1) is 53.6 Å². The molecule has 0 amide bonds. The van der Waals surface area contributed by atoms with Crippen molar-refractivity contribution in [2.24, 2.45) is 0 Å². The van der Waals surface area contributed by atoms with Crippen LogP contribution >= 0.6 is 0 Å². The maximum atomic E-state index is 6.98. The topological polar surface area (TPSA) is 33.5 Å². The number of rotatable bonds is 5. The SMILES string of the molecule is CC(C)(C)c1cc(Oc2[c-]c3c(cc2)c2ccccc2n3-c2nc3ccc4ccc5ccccc5c4c3c3c2ccc2ccccc23)[c-]c(N2[CH-]N(c3ccccc3C(C)(C)C)c3ccccc32)c1.[Pt]. The predicted molar refractivity (Wildman–Crippen MR) is 289 cm³/mol. The maximum Gasteiger partial charge on any atom is 0.144 e. The van der Waals surface area contributed by atoms with Crippen LogP contribution in [0.25, 0.3) is 81.6 Å². The van der Waals surface area contributed by atoms with E-state index in [2.05, 4.69) is 251 Å². The third-order valence-corrected chi connectivity index (χ3v) is 14.1. The Morgan fingerprint density at radius 1 is 0.471 bits per heavy atom. The minimum Gasteiger partial charge on any atom is -0.509 e. The first-order chi connectivity index (χ1) is 33.5. The van der Waals surface area contributed by atoms with E-state index in [4.69, 9.17) is 9.72 Å². The Balaban J connectivity index is 0.00000505.